The number of carbonyl (C=O) groups excluding carboxylic acids is 3. The zero-order valence-electron chi connectivity index (χ0n) is 23.5. The van der Waals surface area contributed by atoms with Gasteiger partial charge in [-0.3, -0.25) is 14.4 Å². The van der Waals surface area contributed by atoms with E-state index in [1.165, 1.54) is 4.31 Å². The molecule has 0 bridgehead atoms. The molecule has 2 aromatic rings. The van der Waals surface area contributed by atoms with Crippen molar-refractivity contribution in [2.75, 3.05) is 24.7 Å². The molecule has 11 heteroatoms. The Morgan fingerprint density at radius 2 is 1.80 bits per heavy atom. The number of rotatable bonds is 7. The molecule has 2 aliphatic rings. The number of benzene rings is 1. The molecule has 1 aromatic carbocycles. The fraction of sp³-hybridized carbons (Fsp3) is 0.586. The molecule has 1 aromatic heterocycles. The minimum Gasteiger partial charge on any atom is -0.344 e. The van der Waals surface area contributed by atoms with E-state index in [-0.39, 0.29) is 31.7 Å². The maximum atomic E-state index is 14.0. The molecule has 10 nitrogen and oxygen atoms in total. The highest BCUT2D eigenvalue weighted by atomic mass is 32.2. The van der Waals surface area contributed by atoms with Crippen molar-refractivity contribution < 1.29 is 22.8 Å². The van der Waals surface area contributed by atoms with Gasteiger partial charge < -0.3 is 15.5 Å². The van der Waals surface area contributed by atoms with E-state index in [1.807, 2.05) is 65.0 Å². The number of carbonyl (C=O) groups is 3. The molecule has 220 valence electrons. The minimum atomic E-state index is -3.63. The first kappa shape index (κ1) is 31.5. The fourth-order valence-corrected chi connectivity index (χ4v) is 6.70. The van der Waals surface area contributed by atoms with Crippen molar-refractivity contribution in [3.8, 4) is 0 Å². The van der Waals surface area contributed by atoms with Crippen molar-refractivity contribution >= 4 is 44.5 Å². The molecule has 2 fully saturated rings. The number of para-hydroxylation sites is 1. The van der Waals surface area contributed by atoms with Crippen LogP contribution in [0.25, 0.3) is 10.9 Å². The van der Waals surface area contributed by atoms with Crippen LogP contribution in [0.1, 0.15) is 54.9 Å². The Kier molecular flexibility index (Phi) is 9.30. The van der Waals surface area contributed by atoms with Crippen LogP contribution in [0.5, 0.6) is 0 Å². The van der Waals surface area contributed by atoms with Crippen molar-refractivity contribution in [3.05, 3.63) is 36.4 Å². The number of anilines is 1. The van der Waals surface area contributed by atoms with Crippen molar-refractivity contribution in [1.82, 2.24) is 19.5 Å². The molecule has 4 rings (SSSR count). The van der Waals surface area contributed by atoms with Crippen molar-refractivity contribution in [2.24, 2.45) is 17.3 Å². The largest absolute Gasteiger partial charge is 0.344 e. The van der Waals surface area contributed by atoms with Gasteiger partial charge in [0.2, 0.25) is 27.7 Å². The summed E-state index contributed by atoms with van der Waals surface area (Å²) in [6, 6.07) is 9.11. The molecule has 40 heavy (non-hydrogen) atoms. The zero-order chi connectivity index (χ0) is 28.7. The molecule has 5 atom stereocenters. The van der Waals surface area contributed by atoms with Gasteiger partial charge in [-0.1, -0.05) is 60.2 Å². The van der Waals surface area contributed by atoms with Gasteiger partial charge in [0.25, 0.3) is 0 Å². The Balaban J connectivity index is 0.00000441. The standard InChI is InChI=1S/C28H39N5O5S.CH4/c1-7-17(2)25(34)31-24(28(3,4)5)27(36)32-15-14-21-23(32)19(16-33(21)39(6,37)38)26(35)30-22-13-12-18-10-8-9-11-20(18)29-22;/h8-13,17,19,21,23-24H,7,14-16H2,1-6H3,(H,31,34)(H,29,30,35);1H4/t17-,19+,21-,23-,24-;/m1./s1. The Hall–Kier alpha value is -3.05. The van der Waals surface area contributed by atoms with Gasteiger partial charge in [0.1, 0.15) is 11.9 Å². The highest BCUT2D eigenvalue weighted by Crippen LogP contribution is 2.39. The van der Waals surface area contributed by atoms with E-state index in [1.54, 1.807) is 11.0 Å². The number of fused-ring (bicyclic) bond motifs is 2. The van der Waals surface area contributed by atoms with Crippen molar-refractivity contribution in [1.29, 1.82) is 0 Å². The summed E-state index contributed by atoms with van der Waals surface area (Å²) in [7, 11) is -3.63. The second kappa shape index (κ2) is 11.8. The molecular formula is C29H43N5O5S. The van der Waals surface area contributed by atoms with Gasteiger partial charge in [-0.15, -0.1) is 0 Å². The first-order valence-corrected chi connectivity index (χ1v) is 15.3. The molecule has 0 unspecified atom stereocenters. The lowest BCUT2D eigenvalue weighted by Crippen LogP contribution is -2.58. The molecule has 2 aliphatic heterocycles. The Bertz CT molecular complexity index is 1370. The van der Waals surface area contributed by atoms with E-state index in [0.717, 1.165) is 17.2 Å². The number of amides is 3. The fourth-order valence-electron chi connectivity index (χ4n) is 5.55. The number of hydrogen-bond acceptors (Lipinski definition) is 6. The highest BCUT2D eigenvalue weighted by molar-refractivity contribution is 7.88. The monoisotopic (exact) mass is 573 g/mol. The topological polar surface area (TPSA) is 129 Å². The van der Waals surface area contributed by atoms with Gasteiger partial charge in [0, 0.05) is 30.4 Å². The first-order chi connectivity index (χ1) is 18.2. The summed E-state index contributed by atoms with van der Waals surface area (Å²) in [6.07, 6.45) is 2.18. The minimum absolute atomic E-state index is 0. The summed E-state index contributed by atoms with van der Waals surface area (Å²) in [5.41, 5.74) is 0.125. The van der Waals surface area contributed by atoms with Crippen LogP contribution in [0, 0.1) is 17.3 Å². The summed E-state index contributed by atoms with van der Waals surface area (Å²) in [5.74, 6) is -1.60. The number of aromatic nitrogens is 1. The van der Waals surface area contributed by atoms with Gasteiger partial charge in [-0.2, -0.15) is 4.31 Å². The number of nitrogens with zero attached hydrogens (tertiary/aromatic N) is 3. The average molecular weight is 574 g/mol. The van der Waals surface area contributed by atoms with E-state index < -0.39 is 45.4 Å². The SMILES string of the molecule is C.CC[C@@H](C)C(=O)N[C@H](C(=O)N1CC[C@@H]2[C@H]1[C@@H](C(=O)Nc1ccc3ccccc3n1)CN2S(C)(=O)=O)C(C)(C)C. The van der Waals surface area contributed by atoms with Crippen LogP contribution in [-0.2, 0) is 24.4 Å². The van der Waals surface area contributed by atoms with Crippen molar-refractivity contribution in [2.45, 2.75) is 73.0 Å². The van der Waals surface area contributed by atoms with Gasteiger partial charge in [0.15, 0.2) is 0 Å². The Morgan fingerprint density at radius 1 is 1.12 bits per heavy atom. The number of sulfonamides is 1. The number of hydrogen-bond donors (Lipinski definition) is 2. The lowest BCUT2D eigenvalue weighted by atomic mass is 9.84. The van der Waals surface area contributed by atoms with Gasteiger partial charge in [-0.05, 0) is 36.5 Å². The van der Waals surface area contributed by atoms with Crippen LogP contribution in [0.15, 0.2) is 36.4 Å². The quantitative estimate of drug-likeness (QED) is 0.523. The number of pyridine rings is 1. The molecular weight excluding hydrogens is 530 g/mol. The van der Waals surface area contributed by atoms with Gasteiger partial charge in [0.05, 0.1) is 23.7 Å². The van der Waals surface area contributed by atoms with Gasteiger partial charge >= 0.3 is 0 Å². The predicted molar refractivity (Wildman–Crippen MR) is 157 cm³/mol. The van der Waals surface area contributed by atoms with Crippen LogP contribution in [0.2, 0.25) is 0 Å². The molecule has 0 saturated carbocycles. The molecule has 2 saturated heterocycles. The third-order valence-corrected chi connectivity index (χ3v) is 9.21. The van der Waals surface area contributed by atoms with E-state index in [4.69, 9.17) is 0 Å². The summed E-state index contributed by atoms with van der Waals surface area (Å²) in [5, 5.41) is 6.72. The summed E-state index contributed by atoms with van der Waals surface area (Å²) in [4.78, 5) is 46.6. The highest BCUT2D eigenvalue weighted by Gasteiger charge is 2.56. The van der Waals surface area contributed by atoms with Crippen molar-refractivity contribution in [3.63, 3.8) is 0 Å². The molecule has 0 spiro atoms. The third-order valence-electron chi connectivity index (χ3n) is 7.93. The second-order valence-electron chi connectivity index (χ2n) is 11.8. The maximum absolute atomic E-state index is 14.0. The molecule has 3 heterocycles. The molecule has 3 amide bonds. The first-order valence-electron chi connectivity index (χ1n) is 13.5. The summed E-state index contributed by atoms with van der Waals surface area (Å²) < 4.78 is 26.7. The molecule has 2 N–H and O–H groups in total. The van der Waals surface area contributed by atoms with Crippen LogP contribution in [0.3, 0.4) is 0 Å². The predicted octanol–water partition coefficient (Wildman–Crippen LogP) is 3.25. The second-order valence-corrected chi connectivity index (χ2v) is 13.7. The number of likely N-dealkylation sites (tertiary alicyclic amines) is 1. The van der Waals surface area contributed by atoms with E-state index in [9.17, 15) is 22.8 Å². The Labute approximate surface area is 237 Å². The zero-order valence-corrected chi connectivity index (χ0v) is 24.3. The summed E-state index contributed by atoms with van der Waals surface area (Å²) in [6.45, 7) is 9.64. The van der Waals surface area contributed by atoms with E-state index in [2.05, 4.69) is 15.6 Å². The maximum Gasteiger partial charge on any atom is 0.246 e. The van der Waals surface area contributed by atoms with Crippen LogP contribution in [0.4, 0.5) is 5.82 Å². The van der Waals surface area contributed by atoms with Crippen LogP contribution < -0.4 is 10.6 Å². The Morgan fingerprint density at radius 3 is 2.42 bits per heavy atom. The third kappa shape index (κ3) is 6.30. The van der Waals surface area contributed by atoms with Crippen LogP contribution >= 0.6 is 0 Å². The average Bonchev–Trinajstić information content (AvgIpc) is 3.46. The molecule has 0 radical (unpaired) electrons. The lowest BCUT2D eigenvalue weighted by molar-refractivity contribution is -0.142. The van der Waals surface area contributed by atoms with E-state index >= 15 is 0 Å². The molecule has 0 aliphatic carbocycles. The smallest absolute Gasteiger partial charge is 0.246 e. The lowest BCUT2D eigenvalue weighted by Gasteiger charge is -2.37. The van der Waals surface area contributed by atoms with E-state index in [0.29, 0.717) is 25.2 Å². The summed E-state index contributed by atoms with van der Waals surface area (Å²) >= 11 is 0. The number of nitrogens with one attached hydrogen (secondary N) is 2. The van der Waals surface area contributed by atoms with Gasteiger partial charge in [-0.25, -0.2) is 13.4 Å². The van der Waals surface area contributed by atoms with Crippen LogP contribution in [-0.4, -0.2) is 77.8 Å². The normalized spacial score (nSPS) is 22.8.